The highest BCUT2D eigenvalue weighted by atomic mass is 127. The number of rotatable bonds is 6. The number of guanidine groups is 1. The van der Waals surface area contributed by atoms with E-state index in [-0.39, 0.29) is 30.1 Å². The van der Waals surface area contributed by atoms with E-state index < -0.39 is 0 Å². The maximum Gasteiger partial charge on any atom is 0.191 e. The van der Waals surface area contributed by atoms with Crippen LogP contribution in [0.15, 0.2) is 29.3 Å². The first-order valence-corrected chi connectivity index (χ1v) is 10.7. The number of aliphatic hydroxyl groups excluding tert-OH is 1. The molecule has 1 aromatic rings. The third-order valence-corrected chi connectivity index (χ3v) is 5.55. The zero-order valence-electron chi connectivity index (χ0n) is 17.0. The van der Waals surface area contributed by atoms with Gasteiger partial charge >= 0.3 is 0 Å². The first-order chi connectivity index (χ1) is 13.2. The van der Waals surface area contributed by atoms with Gasteiger partial charge in [-0.15, -0.1) is 24.0 Å². The van der Waals surface area contributed by atoms with Crippen LogP contribution in [0.4, 0.5) is 0 Å². The van der Waals surface area contributed by atoms with E-state index in [2.05, 4.69) is 41.8 Å². The number of aliphatic imine (C=N–C) groups is 1. The quantitative estimate of drug-likeness (QED) is 0.308. The van der Waals surface area contributed by atoms with Crippen LogP contribution >= 0.6 is 24.0 Å². The molecule has 0 aliphatic heterocycles. The molecule has 0 amide bonds. The molecule has 6 heteroatoms. The van der Waals surface area contributed by atoms with Crippen molar-refractivity contribution in [2.45, 2.75) is 89.5 Å². The highest BCUT2D eigenvalue weighted by molar-refractivity contribution is 14.0. The zero-order chi connectivity index (χ0) is 18.9. The Hall–Kier alpha value is -1.02. The van der Waals surface area contributed by atoms with Crippen molar-refractivity contribution in [1.29, 1.82) is 0 Å². The van der Waals surface area contributed by atoms with E-state index in [9.17, 15) is 5.11 Å². The molecular weight excluding hydrogens is 465 g/mol. The molecule has 2 aliphatic carbocycles. The van der Waals surface area contributed by atoms with E-state index in [1.165, 1.54) is 37.7 Å². The van der Waals surface area contributed by atoms with Gasteiger partial charge in [-0.2, -0.15) is 0 Å². The van der Waals surface area contributed by atoms with Crippen LogP contribution in [0.2, 0.25) is 0 Å². The monoisotopic (exact) mass is 501 g/mol. The lowest BCUT2D eigenvalue weighted by atomic mass is 9.93. The van der Waals surface area contributed by atoms with Gasteiger partial charge in [0, 0.05) is 12.6 Å². The highest BCUT2D eigenvalue weighted by Gasteiger charge is 2.20. The van der Waals surface area contributed by atoms with Gasteiger partial charge in [0.2, 0.25) is 0 Å². The molecule has 0 saturated heterocycles. The Bertz CT molecular complexity index is 597. The predicted octanol–water partition coefficient (Wildman–Crippen LogP) is 4.37. The Balaban J connectivity index is 0.00000280. The van der Waals surface area contributed by atoms with Crippen LogP contribution in [0.5, 0.6) is 5.75 Å². The summed E-state index contributed by atoms with van der Waals surface area (Å²) >= 11 is 0. The van der Waals surface area contributed by atoms with Gasteiger partial charge in [0.25, 0.3) is 0 Å². The van der Waals surface area contributed by atoms with Crippen LogP contribution in [-0.4, -0.2) is 35.9 Å². The number of hydrogen-bond donors (Lipinski definition) is 3. The van der Waals surface area contributed by atoms with Crippen LogP contribution in [0.25, 0.3) is 0 Å². The molecule has 0 bridgehead atoms. The molecule has 0 aromatic heterocycles. The Morgan fingerprint density at radius 3 is 2.57 bits per heavy atom. The molecule has 1 aromatic carbocycles. The van der Waals surface area contributed by atoms with Crippen molar-refractivity contribution in [3.8, 4) is 5.75 Å². The summed E-state index contributed by atoms with van der Waals surface area (Å²) in [6.45, 7) is 3.55. The van der Waals surface area contributed by atoms with Crippen LogP contribution in [0, 0.1) is 0 Å². The molecule has 3 N–H and O–H groups in total. The minimum absolute atomic E-state index is 0. The van der Waals surface area contributed by atoms with Crippen molar-refractivity contribution >= 4 is 29.9 Å². The molecule has 2 saturated carbocycles. The van der Waals surface area contributed by atoms with Crippen LogP contribution in [-0.2, 0) is 6.54 Å². The van der Waals surface area contributed by atoms with Gasteiger partial charge in [-0.3, -0.25) is 0 Å². The largest absolute Gasteiger partial charge is 0.490 e. The standard InChI is InChI=1S/C22H35N3O2.HI/c1-2-23-22(25-18-11-13-19(26)14-12-18)24-16-17-7-6-10-21(15-17)27-20-8-4-3-5-9-20;/h6-7,10,15,18-20,26H,2-5,8-9,11-14,16H2,1H3,(H2,23,24,25);1H. The van der Waals surface area contributed by atoms with Gasteiger partial charge in [-0.1, -0.05) is 18.6 Å². The molecule has 0 atom stereocenters. The number of halogens is 1. The normalized spacial score (nSPS) is 23.6. The summed E-state index contributed by atoms with van der Waals surface area (Å²) in [5.41, 5.74) is 1.17. The van der Waals surface area contributed by atoms with Gasteiger partial charge in [-0.25, -0.2) is 4.99 Å². The van der Waals surface area contributed by atoms with Gasteiger partial charge in [0.1, 0.15) is 5.75 Å². The Morgan fingerprint density at radius 2 is 1.86 bits per heavy atom. The van der Waals surface area contributed by atoms with Gasteiger partial charge < -0.3 is 20.5 Å². The summed E-state index contributed by atoms with van der Waals surface area (Å²) in [4.78, 5) is 4.76. The molecule has 0 spiro atoms. The first-order valence-electron chi connectivity index (χ1n) is 10.7. The van der Waals surface area contributed by atoms with E-state index in [4.69, 9.17) is 9.73 Å². The van der Waals surface area contributed by atoms with Crippen molar-refractivity contribution < 1.29 is 9.84 Å². The topological polar surface area (TPSA) is 65.9 Å². The second kappa shape index (κ2) is 12.5. The van der Waals surface area contributed by atoms with Gasteiger partial charge in [0.15, 0.2) is 5.96 Å². The van der Waals surface area contributed by atoms with Crippen LogP contribution in [0.3, 0.4) is 0 Å². The number of aliphatic hydroxyl groups is 1. The lowest BCUT2D eigenvalue weighted by Crippen LogP contribution is -2.45. The van der Waals surface area contributed by atoms with Gasteiger partial charge in [0.05, 0.1) is 18.8 Å². The summed E-state index contributed by atoms with van der Waals surface area (Å²) in [5, 5.41) is 16.5. The predicted molar refractivity (Wildman–Crippen MR) is 126 cm³/mol. The molecule has 28 heavy (non-hydrogen) atoms. The van der Waals surface area contributed by atoms with E-state index in [0.717, 1.165) is 43.9 Å². The summed E-state index contributed by atoms with van der Waals surface area (Å²) < 4.78 is 6.18. The maximum absolute atomic E-state index is 9.67. The smallest absolute Gasteiger partial charge is 0.191 e. The van der Waals surface area contributed by atoms with Gasteiger partial charge in [-0.05, 0) is 76.0 Å². The lowest BCUT2D eigenvalue weighted by Gasteiger charge is -2.27. The van der Waals surface area contributed by atoms with Crippen molar-refractivity contribution in [1.82, 2.24) is 10.6 Å². The average molecular weight is 501 g/mol. The van der Waals surface area contributed by atoms with Crippen molar-refractivity contribution in [3.05, 3.63) is 29.8 Å². The molecule has 0 heterocycles. The number of benzene rings is 1. The average Bonchev–Trinajstić information content (AvgIpc) is 2.69. The number of ether oxygens (including phenoxy) is 1. The Morgan fingerprint density at radius 1 is 1.11 bits per heavy atom. The van der Waals surface area contributed by atoms with Crippen LogP contribution in [0.1, 0.15) is 70.3 Å². The second-order valence-electron chi connectivity index (χ2n) is 7.87. The van der Waals surface area contributed by atoms with Crippen molar-refractivity contribution in [2.24, 2.45) is 4.99 Å². The highest BCUT2D eigenvalue weighted by Crippen LogP contribution is 2.24. The summed E-state index contributed by atoms with van der Waals surface area (Å²) in [5.74, 6) is 1.83. The third kappa shape index (κ3) is 7.78. The fourth-order valence-corrected chi connectivity index (χ4v) is 4.00. The molecular formula is C22H36IN3O2. The third-order valence-electron chi connectivity index (χ3n) is 5.55. The van der Waals surface area contributed by atoms with E-state index in [1.807, 2.05) is 0 Å². The number of nitrogens with zero attached hydrogens (tertiary/aromatic N) is 1. The minimum atomic E-state index is -0.130. The first kappa shape index (κ1) is 23.3. The molecule has 0 unspecified atom stereocenters. The van der Waals surface area contributed by atoms with E-state index >= 15 is 0 Å². The second-order valence-corrected chi connectivity index (χ2v) is 7.87. The summed E-state index contributed by atoms with van der Waals surface area (Å²) in [7, 11) is 0. The lowest BCUT2D eigenvalue weighted by molar-refractivity contribution is 0.120. The Labute approximate surface area is 186 Å². The minimum Gasteiger partial charge on any atom is -0.490 e. The molecule has 0 radical (unpaired) electrons. The number of hydrogen-bond acceptors (Lipinski definition) is 3. The molecule has 2 fully saturated rings. The summed E-state index contributed by atoms with van der Waals surface area (Å²) in [6, 6.07) is 8.74. The summed E-state index contributed by atoms with van der Waals surface area (Å²) in [6.07, 6.45) is 10.2. The van der Waals surface area contributed by atoms with Crippen molar-refractivity contribution in [2.75, 3.05) is 6.54 Å². The zero-order valence-corrected chi connectivity index (χ0v) is 19.4. The fourth-order valence-electron chi connectivity index (χ4n) is 4.00. The molecule has 158 valence electrons. The molecule has 5 nitrogen and oxygen atoms in total. The maximum atomic E-state index is 9.67. The molecule has 2 aliphatic rings. The number of nitrogens with one attached hydrogen (secondary N) is 2. The molecule has 3 rings (SSSR count). The van der Waals surface area contributed by atoms with Crippen LogP contribution < -0.4 is 15.4 Å². The van der Waals surface area contributed by atoms with E-state index in [0.29, 0.717) is 18.7 Å². The van der Waals surface area contributed by atoms with Crippen molar-refractivity contribution in [3.63, 3.8) is 0 Å². The van der Waals surface area contributed by atoms with E-state index in [1.54, 1.807) is 0 Å². The SMILES string of the molecule is CCNC(=NCc1cccc(OC2CCCCC2)c1)NC1CCC(O)CC1.I. The Kier molecular flexibility index (Phi) is 10.4. The fraction of sp³-hybridized carbons (Fsp3) is 0.682.